The molecule has 0 aromatic heterocycles. The van der Waals surface area contributed by atoms with Gasteiger partial charge in [-0.05, 0) is 39.2 Å². The van der Waals surface area contributed by atoms with E-state index in [0.29, 0.717) is 6.10 Å². The van der Waals surface area contributed by atoms with E-state index in [2.05, 4.69) is 25.7 Å². The molecule has 1 aliphatic heterocycles. The molecule has 3 heteroatoms. The molecule has 1 saturated heterocycles. The first kappa shape index (κ1) is 13.9. The lowest BCUT2D eigenvalue weighted by atomic mass is 9.93. The van der Waals surface area contributed by atoms with E-state index in [4.69, 9.17) is 10.5 Å². The van der Waals surface area contributed by atoms with E-state index in [1.54, 1.807) is 0 Å². The van der Waals surface area contributed by atoms with Crippen LogP contribution in [0.5, 0.6) is 0 Å². The van der Waals surface area contributed by atoms with Crippen LogP contribution in [0.2, 0.25) is 0 Å². The lowest BCUT2D eigenvalue weighted by Gasteiger charge is -2.44. The average Bonchev–Trinajstić information content (AvgIpc) is 2.35. The number of nitrogens with zero attached hydrogens (tertiary/aromatic N) is 1. The Labute approximate surface area is 100 Å². The molecule has 0 aliphatic carbocycles. The third-order valence-electron chi connectivity index (χ3n) is 3.90. The predicted molar refractivity (Wildman–Crippen MR) is 68.6 cm³/mol. The second-order valence-electron chi connectivity index (χ2n) is 5.14. The fourth-order valence-corrected chi connectivity index (χ4v) is 2.35. The van der Waals surface area contributed by atoms with Crippen molar-refractivity contribution in [3.8, 4) is 0 Å². The Morgan fingerprint density at radius 2 is 2.19 bits per heavy atom. The van der Waals surface area contributed by atoms with Gasteiger partial charge in [-0.25, -0.2) is 0 Å². The molecule has 0 aromatic carbocycles. The lowest BCUT2D eigenvalue weighted by Crippen LogP contribution is -2.56. The zero-order chi connectivity index (χ0) is 12.0. The molecule has 3 nitrogen and oxygen atoms in total. The van der Waals surface area contributed by atoms with Gasteiger partial charge < -0.3 is 10.5 Å². The molecular formula is C13H28N2O. The van der Waals surface area contributed by atoms with Crippen LogP contribution in [-0.2, 0) is 4.74 Å². The molecule has 0 radical (unpaired) electrons. The minimum absolute atomic E-state index is 0.161. The predicted octanol–water partition coefficient (Wildman–Crippen LogP) is 2.00. The van der Waals surface area contributed by atoms with Crippen LogP contribution in [-0.4, -0.2) is 42.8 Å². The maximum Gasteiger partial charge on any atom is 0.0702 e. The van der Waals surface area contributed by atoms with Gasteiger partial charge in [0.15, 0.2) is 0 Å². The molecule has 1 aliphatic rings. The van der Waals surface area contributed by atoms with Crippen LogP contribution in [0.4, 0.5) is 0 Å². The first-order valence-electron chi connectivity index (χ1n) is 6.73. The number of hydrogen-bond donors (Lipinski definition) is 1. The highest BCUT2D eigenvalue weighted by atomic mass is 16.5. The molecule has 0 aromatic rings. The molecule has 1 rings (SSSR count). The summed E-state index contributed by atoms with van der Waals surface area (Å²) in [6.45, 7) is 10.5. The van der Waals surface area contributed by atoms with Gasteiger partial charge in [0.1, 0.15) is 0 Å². The zero-order valence-electron chi connectivity index (χ0n) is 11.2. The van der Waals surface area contributed by atoms with Crippen molar-refractivity contribution in [2.75, 3.05) is 26.2 Å². The second-order valence-corrected chi connectivity index (χ2v) is 5.14. The van der Waals surface area contributed by atoms with Gasteiger partial charge in [-0.3, -0.25) is 4.90 Å². The summed E-state index contributed by atoms with van der Waals surface area (Å²) in [5.74, 6) is 0. The third kappa shape index (κ3) is 3.44. The van der Waals surface area contributed by atoms with Crippen molar-refractivity contribution >= 4 is 0 Å². The molecule has 1 heterocycles. The van der Waals surface area contributed by atoms with E-state index < -0.39 is 0 Å². The largest absolute Gasteiger partial charge is 0.377 e. The van der Waals surface area contributed by atoms with Crippen molar-refractivity contribution in [1.82, 2.24) is 4.90 Å². The van der Waals surface area contributed by atoms with Gasteiger partial charge in [0.25, 0.3) is 0 Å². The van der Waals surface area contributed by atoms with Crippen LogP contribution in [0.1, 0.15) is 46.5 Å². The number of piperidine rings is 1. The highest BCUT2D eigenvalue weighted by Crippen LogP contribution is 2.24. The second kappa shape index (κ2) is 6.58. The fourth-order valence-electron chi connectivity index (χ4n) is 2.35. The van der Waals surface area contributed by atoms with Crippen LogP contribution >= 0.6 is 0 Å². The van der Waals surface area contributed by atoms with Crippen LogP contribution in [0, 0.1) is 0 Å². The van der Waals surface area contributed by atoms with Gasteiger partial charge in [-0.1, -0.05) is 13.8 Å². The number of hydrogen-bond acceptors (Lipinski definition) is 3. The van der Waals surface area contributed by atoms with Crippen molar-refractivity contribution in [2.24, 2.45) is 5.73 Å². The number of nitrogens with two attached hydrogens (primary N) is 1. The summed E-state index contributed by atoms with van der Waals surface area (Å²) in [4.78, 5) is 2.52. The summed E-state index contributed by atoms with van der Waals surface area (Å²) < 4.78 is 5.86. The van der Waals surface area contributed by atoms with Crippen LogP contribution < -0.4 is 5.73 Å². The Bertz CT molecular complexity index is 192. The molecule has 1 fully saturated rings. The van der Waals surface area contributed by atoms with Crippen molar-refractivity contribution in [2.45, 2.75) is 58.1 Å². The molecule has 2 atom stereocenters. The Morgan fingerprint density at radius 3 is 2.75 bits per heavy atom. The minimum Gasteiger partial charge on any atom is -0.377 e. The number of rotatable bonds is 6. The van der Waals surface area contributed by atoms with Gasteiger partial charge in [-0.2, -0.15) is 0 Å². The summed E-state index contributed by atoms with van der Waals surface area (Å²) in [6, 6.07) is 0. The summed E-state index contributed by atoms with van der Waals surface area (Å²) in [7, 11) is 0. The summed E-state index contributed by atoms with van der Waals surface area (Å²) in [5, 5.41) is 0. The summed E-state index contributed by atoms with van der Waals surface area (Å²) in [5.41, 5.74) is 6.07. The van der Waals surface area contributed by atoms with Gasteiger partial charge >= 0.3 is 0 Å². The molecule has 0 spiro atoms. The average molecular weight is 228 g/mol. The highest BCUT2D eigenvalue weighted by molar-refractivity contribution is 4.89. The van der Waals surface area contributed by atoms with E-state index >= 15 is 0 Å². The molecule has 16 heavy (non-hydrogen) atoms. The van der Waals surface area contributed by atoms with Crippen molar-refractivity contribution < 1.29 is 4.74 Å². The Balaban J connectivity index is 2.48. The lowest BCUT2D eigenvalue weighted by molar-refractivity contribution is -0.0329. The Morgan fingerprint density at radius 1 is 1.44 bits per heavy atom. The van der Waals surface area contributed by atoms with Crippen molar-refractivity contribution in [3.63, 3.8) is 0 Å². The monoisotopic (exact) mass is 228 g/mol. The van der Waals surface area contributed by atoms with E-state index in [1.165, 1.54) is 19.4 Å². The van der Waals surface area contributed by atoms with E-state index in [0.717, 1.165) is 32.5 Å². The van der Waals surface area contributed by atoms with E-state index in [9.17, 15) is 0 Å². The minimum atomic E-state index is 0.161. The Kier molecular flexibility index (Phi) is 5.73. The van der Waals surface area contributed by atoms with E-state index in [-0.39, 0.29) is 5.54 Å². The molecule has 0 saturated carbocycles. The summed E-state index contributed by atoms with van der Waals surface area (Å²) >= 11 is 0. The first-order chi connectivity index (χ1) is 7.66. The smallest absolute Gasteiger partial charge is 0.0702 e. The molecular weight excluding hydrogens is 200 g/mol. The van der Waals surface area contributed by atoms with Crippen molar-refractivity contribution in [1.29, 1.82) is 0 Å². The maximum absolute atomic E-state index is 5.91. The molecule has 96 valence electrons. The SMILES string of the molecule is CCCOC1CCCN(C(C)(CC)CN)C1. The van der Waals surface area contributed by atoms with Gasteiger partial charge in [0.2, 0.25) is 0 Å². The van der Waals surface area contributed by atoms with Gasteiger partial charge in [0, 0.05) is 25.2 Å². The first-order valence-corrected chi connectivity index (χ1v) is 6.73. The Hall–Kier alpha value is -0.120. The van der Waals surface area contributed by atoms with Crippen LogP contribution in [0.3, 0.4) is 0 Å². The number of ether oxygens (including phenoxy) is 1. The van der Waals surface area contributed by atoms with Crippen LogP contribution in [0.25, 0.3) is 0 Å². The van der Waals surface area contributed by atoms with Gasteiger partial charge in [-0.15, -0.1) is 0 Å². The quantitative estimate of drug-likeness (QED) is 0.756. The molecule has 2 N–H and O–H groups in total. The van der Waals surface area contributed by atoms with Gasteiger partial charge in [0.05, 0.1) is 6.10 Å². The number of likely N-dealkylation sites (tertiary alicyclic amines) is 1. The van der Waals surface area contributed by atoms with Crippen LogP contribution in [0.15, 0.2) is 0 Å². The third-order valence-corrected chi connectivity index (χ3v) is 3.90. The standard InChI is InChI=1S/C13H28N2O/c1-4-9-16-12-7-6-8-15(10-12)13(3,5-2)11-14/h12H,4-11,14H2,1-3H3. The van der Waals surface area contributed by atoms with E-state index in [1.807, 2.05) is 0 Å². The molecule has 0 amide bonds. The summed E-state index contributed by atoms with van der Waals surface area (Å²) in [6.07, 6.45) is 5.10. The topological polar surface area (TPSA) is 38.5 Å². The fraction of sp³-hybridized carbons (Fsp3) is 1.00. The van der Waals surface area contributed by atoms with Crippen molar-refractivity contribution in [3.05, 3.63) is 0 Å². The zero-order valence-corrected chi connectivity index (χ0v) is 11.2. The maximum atomic E-state index is 5.91. The highest BCUT2D eigenvalue weighted by Gasteiger charge is 2.32. The molecule has 2 unspecified atom stereocenters. The normalized spacial score (nSPS) is 26.6. The molecule has 0 bridgehead atoms.